The third kappa shape index (κ3) is 4.15. The van der Waals surface area contributed by atoms with E-state index in [1.807, 2.05) is 24.5 Å². The van der Waals surface area contributed by atoms with Crippen molar-refractivity contribution in [2.75, 3.05) is 26.2 Å². The van der Waals surface area contributed by atoms with Crippen LogP contribution in [0.4, 0.5) is 0 Å². The summed E-state index contributed by atoms with van der Waals surface area (Å²) in [4.78, 5) is 11.8. The minimum absolute atomic E-state index is 0.739. The number of rotatable bonds is 6. The van der Waals surface area contributed by atoms with Crippen molar-refractivity contribution in [3.8, 4) is 28.0 Å². The fraction of sp³-hybridized carbons (Fsp3) is 0.241. The van der Waals surface area contributed by atoms with Gasteiger partial charge in [-0.25, -0.2) is 4.98 Å². The lowest BCUT2D eigenvalue weighted by atomic mass is 10.0. The van der Waals surface area contributed by atoms with E-state index in [4.69, 9.17) is 9.72 Å². The van der Waals surface area contributed by atoms with Gasteiger partial charge in [-0.05, 0) is 67.4 Å². The molecular weight excluding hydrogens is 420 g/mol. The van der Waals surface area contributed by atoms with Crippen LogP contribution in [-0.4, -0.2) is 45.5 Å². The van der Waals surface area contributed by atoms with Crippen LogP contribution < -0.4 is 4.74 Å². The molecule has 4 heterocycles. The quantitative estimate of drug-likeness (QED) is 0.316. The van der Waals surface area contributed by atoms with E-state index in [0.717, 1.165) is 57.7 Å². The summed E-state index contributed by atoms with van der Waals surface area (Å²) in [5, 5.41) is 1.14. The number of pyridine rings is 1. The summed E-state index contributed by atoms with van der Waals surface area (Å²) in [5.74, 6) is 0.919. The van der Waals surface area contributed by atoms with E-state index in [1.165, 1.54) is 32.4 Å². The largest absolute Gasteiger partial charge is 0.492 e. The summed E-state index contributed by atoms with van der Waals surface area (Å²) >= 11 is 0. The number of benzene rings is 2. The smallest absolute Gasteiger partial charge is 0.144 e. The van der Waals surface area contributed by atoms with E-state index in [2.05, 4.69) is 75.2 Å². The van der Waals surface area contributed by atoms with Crippen LogP contribution in [0.3, 0.4) is 0 Å². The first-order valence-electron chi connectivity index (χ1n) is 12.1. The average molecular weight is 449 g/mol. The van der Waals surface area contributed by atoms with Gasteiger partial charge >= 0.3 is 0 Å². The minimum atomic E-state index is 0.739. The molecule has 3 aromatic heterocycles. The standard InChI is InChI=1S/C29H28N4O/c1-4-15-32(16-5-1)18-19-34-24-10-8-22(9-11-24)23-20-31-29-27(13-17-33(29)21-23)25-12-14-30-28-7-3-2-6-26(25)28/h2-3,6-14,17,20-21H,1,4-5,15-16,18-19H2. The summed E-state index contributed by atoms with van der Waals surface area (Å²) in [6, 6.07) is 20.8. The first-order chi connectivity index (χ1) is 16.8. The van der Waals surface area contributed by atoms with Crippen molar-refractivity contribution in [2.45, 2.75) is 19.3 Å². The number of hydrogen-bond donors (Lipinski definition) is 0. The molecule has 0 atom stereocenters. The van der Waals surface area contributed by atoms with Gasteiger partial charge in [0.05, 0.1) is 5.52 Å². The maximum absolute atomic E-state index is 5.99. The Balaban J connectivity index is 1.20. The van der Waals surface area contributed by atoms with Crippen LogP contribution in [-0.2, 0) is 0 Å². The molecule has 0 bridgehead atoms. The van der Waals surface area contributed by atoms with Crippen LogP contribution in [0, 0.1) is 0 Å². The zero-order valence-electron chi connectivity index (χ0n) is 19.2. The topological polar surface area (TPSA) is 42.7 Å². The van der Waals surface area contributed by atoms with E-state index in [-0.39, 0.29) is 0 Å². The van der Waals surface area contributed by atoms with E-state index in [0.29, 0.717) is 0 Å². The first-order valence-corrected chi connectivity index (χ1v) is 12.1. The average Bonchev–Trinajstić information content (AvgIpc) is 3.32. The van der Waals surface area contributed by atoms with Gasteiger partial charge in [-0.15, -0.1) is 0 Å². The highest BCUT2D eigenvalue weighted by Crippen LogP contribution is 2.31. The molecule has 0 unspecified atom stereocenters. The molecular formula is C29H28N4O. The normalized spacial score (nSPS) is 14.6. The lowest BCUT2D eigenvalue weighted by Gasteiger charge is -2.26. The Morgan fingerprint density at radius 3 is 2.53 bits per heavy atom. The highest BCUT2D eigenvalue weighted by atomic mass is 16.5. The summed E-state index contributed by atoms with van der Waals surface area (Å²) in [7, 11) is 0. The van der Waals surface area contributed by atoms with Gasteiger partial charge in [0.25, 0.3) is 0 Å². The molecule has 1 aliphatic heterocycles. The second kappa shape index (κ2) is 9.27. The number of para-hydroxylation sites is 1. The first kappa shape index (κ1) is 20.9. The Bertz CT molecular complexity index is 1410. The number of aromatic nitrogens is 3. The Morgan fingerprint density at radius 2 is 1.65 bits per heavy atom. The molecule has 5 heteroatoms. The van der Waals surface area contributed by atoms with Crippen molar-refractivity contribution >= 4 is 16.6 Å². The van der Waals surface area contributed by atoms with Crippen LogP contribution >= 0.6 is 0 Å². The van der Waals surface area contributed by atoms with Crippen LogP contribution in [0.15, 0.2) is 85.5 Å². The Kier molecular flexibility index (Phi) is 5.69. The number of ether oxygens (including phenoxy) is 1. The van der Waals surface area contributed by atoms with Crippen LogP contribution in [0.25, 0.3) is 38.8 Å². The Morgan fingerprint density at radius 1 is 0.794 bits per heavy atom. The highest BCUT2D eigenvalue weighted by Gasteiger charge is 2.12. The monoisotopic (exact) mass is 448 g/mol. The number of fused-ring (bicyclic) bond motifs is 2. The third-order valence-electron chi connectivity index (χ3n) is 6.74. The number of hydrogen-bond acceptors (Lipinski definition) is 4. The van der Waals surface area contributed by atoms with Crippen molar-refractivity contribution < 1.29 is 4.74 Å². The summed E-state index contributed by atoms with van der Waals surface area (Å²) in [6.07, 6.45) is 12.0. The molecule has 0 spiro atoms. The maximum atomic E-state index is 5.99. The van der Waals surface area contributed by atoms with Crippen LogP contribution in [0.2, 0.25) is 0 Å². The maximum Gasteiger partial charge on any atom is 0.144 e. The summed E-state index contributed by atoms with van der Waals surface area (Å²) in [6.45, 7) is 4.15. The molecule has 1 aliphatic rings. The number of likely N-dealkylation sites (tertiary alicyclic amines) is 1. The predicted octanol–water partition coefficient (Wildman–Crippen LogP) is 6.08. The van der Waals surface area contributed by atoms with Gasteiger partial charge in [-0.3, -0.25) is 9.88 Å². The van der Waals surface area contributed by atoms with Crippen LogP contribution in [0.5, 0.6) is 5.75 Å². The van der Waals surface area contributed by atoms with Crippen molar-refractivity contribution in [3.63, 3.8) is 0 Å². The number of nitrogens with zero attached hydrogens (tertiary/aromatic N) is 4. The fourth-order valence-corrected chi connectivity index (χ4v) is 4.90. The van der Waals surface area contributed by atoms with Crippen LogP contribution in [0.1, 0.15) is 19.3 Å². The van der Waals surface area contributed by atoms with Crippen molar-refractivity contribution in [1.82, 2.24) is 19.3 Å². The van der Waals surface area contributed by atoms with E-state index in [1.54, 1.807) is 0 Å². The zero-order chi connectivity index (χ0) is 22.7. The molecule has 0 amide bonds. The molecule has 1 fully saturated rings. The Hall–Kier alpha value is -3.70. The second-order valence-electron chi connectivity index (χ2n) is 8.95. The van der Waals surface area contributed by atoms with Gasteiger partial charge < -0.3 is 9.14 Å². The SMILES string of the molecule is c1ccc2c(-c3ccn4cc(-c5ccc(OCCN6CCCCC6)cc5)cnc34)ccnc2c1. The number of piperidine rings is 1. The van der Waals surface area contributed by atoms with Crippen molar-refractivity contribution in [1.29, 1.82) is 0 Å². The van der Waals surface area contributed by atoms with E-state index >= 15 is 0 Å². The molecule has 1 saturated heterocycles. The zero-order valence-corrected chi connectivity index (χ0v) is 19.2. The van der Waals surface area contributed by atoms with Gasteiger partial charge in [0.2, 0.25) is 0 Å². The highest BCUT2D eigenvalue weighted by molar-refractivity contribution is 5.98. The summed E-state index contributed by atoms with van der Waals surface area (Å²) < 4.78 is 8.09. The van der Waals surface area contributed by atoms with E-state index in [9.17, 15) is 0 Å². The van der Waals surface area contributed by atoms with Gasteiger partial charge in [0.15, 0.2) is 0 Å². The molecule has 170 valence electrons. The third-order valence-corrected chi connectivity index (χ3v) is 6.74. The van der Waals surface area contributed by atoms with Gasteiger partial charge in [-0.1, -0.05) is 36.8 Å². The molecule has 34 heavy (non-hydrogen) atoms. The molecule has 0 N–H and O–H groups in total. The molecule has 5 nitrogen and oxygen atoms in total. The van der Waals surface area contributed by atoms with E-state index < -0.39 is 0 Å². The molecule has 0 aliphatic carbocycles. The predicted molar refractivity (Wildman–Crippen MR) is 137 cm³/mol. The van der Waals surface area contributed by atoms with Gasteiger partial charge in [0, 0.05) is 47.8 Å². The van der Waals surface area contributed by atoms with Crippen molar-refractivity contribution in [3.05, 3.63) is 85.5 Å². The molecule has 2 aromatic carbocycles. The van der Waals surface area contributed by atoms with Gasteiger partial charge in [0.1, 0.15) is 18.0 Å². The molecule has 6 rings (SSSR count). The fourth-order valence-electron chi connectivity index (χ4n) is 4.90. The van der Waals surface area contributed by atoms with Crippen molar-refractivity contribution in [2.24, 2.45) is 0 Å². The Labute approximate surface area is 199 Å². The lowest BCUT2D eigenvalue weighted by molar-refractivity contribution is 0.183. The molecule has 0 saturated carbocycles. The molecule has 5 aromatic rings. The lowest BCUT2D eigenvalue weighted by Crippen LogP contribution is -2.33. The second-order valence-corrected chi connectivity index (χ2v) is 8.95. The minimum Gasteiger partial charge on any atom is -0.492 e. The summed E-state index contributed by atoms with van der Waals surface area (Å²) in [5.41, 5.74) is 6.41. The molecule has 0 radical (unpaired) electrons. The van der Waals surface area contributed by atoms with Gasteiger partial charge in [-0.2, -0.15) is 0 Å².